The van der Waals surface area contributed by atoms with Gasteiger partial charge in [-0.3, -0.25) is 5.10 Å². The lowest BCUT2D eigenvalue weighted by Gasteiger charge is -2.22. The van der Waals surface area contributed by atoms with E-state index in [1.165, 1.54) is 0 Å². The molecule has 172 valence electrons. The lowest BCUT2D eigenvalue weighted by Crippen LogP contribution is -2.42. The van der Waals surface area contributed by atoms with Crippen molar-refractivity contribution in [1.29, 1.82) is 0 Å². The van der Waals surface area contributed by atoms with Gasteiger partial charge in [-0.2, -0.15) is 10.2 Å². The van der Waals surface area contributed by atoms with Crippen molar-refractivity contribution in [3.8, 4) is 0 Å². The lowest BCUT2D eigenvalue weighted by molar-refractivity contribution is 0.0936. The van der Waals surface area contributed by atoms with Gasteiger partial charge in [0, 0.05) is 30.3 Å². The molecular weight excluding hydrogens is 410 g/mol. The van der Waals surface area contributed by atoms with Gasteiger partial charge in [-0.15, -0.1) is 0 Å². The Morgan fingerprint density at radius 1 is 1.34 bits per heavy atom. The van der Waals surface area contributed by atoms with Crippen molar-refractivity contribution in [1.82, 2.24) is 30.3 Å². The number of pyridine rings is 1. The molecule has 3 heterocycles. The van der Waals surface area contributed by atoms with Crippen molar-refractivity contribution in [3.63, 3.8) is 0 Å². The number of fused-ring (bicyclic) bond motifs is 1. The predicted molar refractivity (Wildman–Crippen MR) is 121 cm³/mol. The number of hydrogen-bond acceptors (Lipinski definition) is 7. The van der Waals surface area contributed by atoms with Crippen LogP contribution in [0, 0.1) is 0 Å². The molecule has 0 bridgehead atoms. The average molecular weight is 442 g/mol. The molecule has 0 aromatic carbocycles. The second-order valence-corrected chi connectivity index (χ2v) is 9.50. The van der Waals surface area contributed by atoms with E-state index in [1.807, 2.05) is 40.0 Å². The van der Waals surface area contributed by atoms with Gasteiger partial charge in [0.25, 0.3) is 0 Å². The van der Waals surface area contributed by atoms with Crippen LogP contribution in [0.25, 0.3) is 11.0 Å². The summed E-state index contributed by atoms with van der Waals surface area (Å²) in [6.07, 6.45) is 1.40. The predicted octanol–water partition coefficient (Wildman–Crippen LogP) is 3.65. The van der Waals surface area contributed by atoms with Crippen molar-refractivity contribution in [3.05, 3.63) is 29.6 Å². The Labute approximate surface area is 186 Å². The van der Waals surface area contributed by atoms with Gasteiger partial charge in [0.2, 0.25) is 0 Å². The Hall–Kier alpha value is -3.14. The number of aromatic amines is 1. The second kappa shape index (κ2) is 8.42. The molecule has 1 fully saturated rings. The molecule has 4 N–H and O–H groups in total. The van der Waals surface area contributed by atoms with Gasteiger partial charge in [0.1, 0.15) is 6.10 Å². The van der Waals surface area contributed by atoms with Crippen LogP contribution in [-0.4, -0.2) is 47.8 Å². The van der Waals surface area contributed by atoms with Crippen LogP contribution >= 0.6 is 0 Å². The molecule has 0 unspecified atom stereocenters. The van der Waals surface area contributed by atoms with E-state index in [1.54, 1.807) is 17.7 Å². The van der Waals surface area contributed by atoms with E-state index in [2.05, 4.69) is 30.9 Å². The van der Waals surface area contributed by atoms with Crippen molar-refractivity contribution >= 4 is 28.8 Å². The Morgan fingerprint density at radius 2 is 2.12 bits per heavy atom. The standard InChI is InChI=1S/C22H31N7O3/c1-12(30)16-9-8-15-19(28-29(5)20(15)23-16)24-18-11-17(26-27-18)13-6-7-14(10-13)32-21(31)25-22(2,3)4/h8-9,11-14,30H,6-7,10H2,1-5H3,(H,25,31)(H2,24,26,27,28)/t12-,13+,14-/m0/s1. The van der Waals surface area contributed by atoms with Crippen LogP contribution < -0.4 is 10.6 Å². The van der Waals surface area contributed by atoms with Crippen LogP contribution in [0.1, 0.15) is 70.4 Å². The third kappa shape index (κ3) is 4.85. The second-order valence-electron chi connectivity index (χ2n) is 9.50. The summed E-state index contributed by atoms with van der Waals surface area (Å²) in [5.74, 6) is 1.56. The highest BCUT2D eigenvalue weighted by molar-refractivity contribution is 5.89. The first-order chi connectivity index (χ1) is 15.1. The maximum absolute atomic E-state index is 12.0. The van der Waals surface area contributed by atoms with Crippen LogP contribution in [0.2, 0.25) is 0 Å². The molecule has 3 aromatic rings. The number of nitrogens with zero attached hydrogens (tertiary/aromatic N) is 4. The van der Waals surface area contributed by atoms with Gasteiger partial charge >= 0.3 is 6.09 Å². The van der Waals surface area contributed by atoms with Gasteiger partial charge in [0.05, 0.1) is 17.2 Å². The molecule has 4 rings (SSSR count). The summed E-state index contributed by atoms with van der Waals surface area (Å²) in [7, 11) is 1.82. The van der Waals surface area contributed by atoms with Crippen molar-refractivity contribution in [2.75, 3.05) is 5.32 Å². The molecule has 10 nitrogen and oxygen atoms in total. The molecule has 1 saturated carbocycles. The molecule has 32 heavy (non-hydrogen) atoms. The molecule has 3 atom stereocenters. The SMILES string of the molecule is C[C@H](O)c1ccc2c(Nc3cc([C@@H]4CC[C@H](OC(=O)NC(C)(C)C)C4)[nH]n3)nn(C)c2n1. The number of aliphatic hydroxyl groups is 1. The van der Waals surface area contributed by atoms with Gasteiger partial charge in [-0.05, 0) is 59.1 Å². The molecule has 3 aromatic heterocycles. The third-order valence-electron chi connectivity index (χ3n) is 5.56. The number of H-pyrrole nitrogens is 1. The maximum Gasteiger partial charge on any atom is 0.407 e. The van der Waals surface area contributed by atoms with E-state index >= 15 is 0 Å². The maximum atomic E-state index is 12.0. The number of carbonyl (C=O) groups is 1. The fourth-order valence-corrected chi connectivity index (χ4v) is 4.02. The molecule has 0 radical (unpaired) electrons. The zero-order valence-corrected chi connectivity index (χ0v) is 19.1. The van der Waals surface area contributed by atoms with Crippen molar-refractivity contribution < 1.29 is 14.6 Å². The first-order valence-corrected chi connectivity index (χ1v) is 10.9. The fraction of sp³-hybridized carbons (Fsp3) is 0.545. The minimum atomic E-state index is -0.640. The van der Waals surface area contributed by atoms with Crippen molar-refractivity contribution in [2.45, 2.75) is 70.6 Å². The number of aromatic nitrogens is 5. The van der Waals surface area contributed by atoms with E-state index in [0.29, 0.717) is 23.0 Å². The van der Waals surface area contributed by atoms with E-state index in [4.69, 9.17) is 4.74 Å². The average Bonchev–Trinajstić information content (AvgIpc) is 3.40. The van der Waals surface area contributed by atoms with E-state index in [0.717, 1.165) is 30.3 Å². The Morgan fingerprint density at radius 3 is 2.84 bits per heavy atom. The number of nitrogens with one attached hydrogen (secondary N) is 3. The number of amides is 1. The summed E-state index contributed by atoms with van der Waals surface area (Å²) in [5, 5.41) is 28.7. The zero-order valence-electron chi connectivity index (χ0n) is 19.1. The summed E-state index contributed by atoms with van der Waals surface area (Å²) in [6.45, 7) is 7.47. The number of aliphatic hydroxyl groups excluding tert-OH is 1. The molecule has 10 heteroatoms. The molecular formula is C22H31N7O3. The largest absolute Gasteiger partial charge is 0.446 e. The number of anilines is 2. The first-order valence-electron chi connectivity index (χ1n) is 10.9. The first kappa shape index (κ1) is 22.1. The van der Waals surface area contributed by atoms with E-state index in [-0.39, 0.29) is 23.7 Å². The van der Waals surface area contributed by atoms with Gasteiger partial charge in [0.15, 0.2) is 17.3 Å². The fourth-order valence-electron chi connectivity index (χ4n) is 4.02. The van der Waals surface area contributed by atoms with Crippen LogP contribution in [-0.2, 0) is 11.8 Å². The lowest BCUT2D eigenvalue weighted by atomic mass is 10.0. The van der Waals surface area contributed by atoms with E-state index < -0.39 is 6.10 Å². The molecule has 1 aliphatic rings. The van der Waals surface area contributed by atoms with Crippen LogP contribution in [0.3, 0.4) is 0 Å². The quantitative estimate of drug-likeness (QED) is 0.475. The summed E-state index contributed by atoms with van der Waals surface area (Å²) in [4.78, 5) is 16.5. The van der Waals surface area contributed by atoms with Crippen LogP contribution in [0.15, 0.2) is 18.2 Å². The zero-order chi connectivity index (χ0) is 23.0. The van der Waals surface area contributed by atoms with Gasteiger partial charge < -0.3 is 20.5 Å². The number of hydrogen-bond donors (Lipinski definition) is 4. The van der Waals surface area contributed by atoms with Crippen LogP contribution in [0.4, 0.5) is 16.4 Å². The number of aryl methyl sites for hydroxylation is 1. The summed E-state index contributed by atoms with van der Waals surface area (Å²) in [6, 6.07) is 5.67. The molecule has 0 aliphatic heterocycles. The summed E-state index contributed by atoms with van der Waals surface area (Å²) in [5.41, 5.74) is 1.97. The highest BCUT2D eigenvalue weighted by Crippen LogP contribution is 2.36. The smallest absolute Gasteiger partial charge is 0.407 e. The molecule has 1 amide bonds. The van der Waals surface area contributed by atoms with Crippen LogP contribution in [0.5, 0.6) is 0 Å². The highest BCUT2D eigenvalue weighted by Gasteiger charge is 2.30. The van der Waals surface area contributed by atoms with Crippen molar-refractivity contribution in [2.24, 2.45) is 7.05 Å². The monoisotopic (exact) mass is 441 g/mol. The molecule has 0 spiro atoms. The highest BCUT2D eigenvalue weighted by atomic mass is 16.6. The normalized spacial score (nSPS) is 19.8. The number of alkyl carbamates (subject to hydrolysis) is 1. The summed E-state index contributed by atoms with van der Waals surface area (Å²) >= 11 is 0. The minimum absolute atomic E-state index is 0.101. The molecule has 0 saturated heterocycles. The molecule has 1 aliphatic carbocycles. The Balaban J connectivity index is 1.41. The third-order valence-corrected chi connectivity index (χ3v) is 5.56. The number of ether oxygens (including phenoxy) is 1. The number of rotatable bonds is 5. The topological polar surface area (TPSA) is 130 Å². The Kier molecular flexibility index (Phi) is 5.81. The van der Waals surface area contributed by atoms with Gasteiger partial charge in [-0.25, -0.2) is 14.5 Å². The number of carbonyl (C=O) groups excluding carboxylic acids is 1. The summed E-state index contributed by atoms with van der Waals surface area (Å²) < 4.78 is 7.26. The minimum Gasteiger partial charge on any atom is -0.446 e. The van der Waals surface area contributed by atoms with E-state index in [9.17, 15) is 9.90 Å². The van der Waals surface area contributed by atoms with Gasteiger partial charge in [-0.1, -0.05) is 0 Å². The Bertz CT molecular complexity index is 1110.